The van der Waals surface area contributed by atoms with Gasteiger partial charge in [-0.15, -0.1) is 0 Å². The SMILES string of the molecule is [2H]c1c([2H])c(C([N+]#[C-])=C2C([2H])([2H])C([2H])([2H])N(C(=O)C(=O)c3c[nH]c4c(-n5nc(C([2H])([2H])[2H])nc5[2H])ncc(OC([2H])([2H])[2H])c34)C([2H])([2H])C2([2H])[2H])c([2H])c([2H])c1C.[2H]c1c([2H])c(C([N+]#[C-])=C2CCN(C(=O)C(=O)c3c[nH]c4c(-n5nc(C([2H])([2H])[2H])nc5[2H])ncc(OC([2H])([2H])[2H])c34)CC2)c([2H])c([2H])c1C.[2H]c1nc(C([2H])([2H])[2H])nn1-c1ncc(OC([2H])([2H])[2H])c2c(C(=O)C(=O)N3C([2H])([2H])C([2H])([2H])C(=C([N+]#[C-])c4ccccc4)C([2H])([2H])C3([2H])[2H])c[nH]c12. The average Bonchev–Trinajstić information content (AvgIpc) is 1.25. The largest absolute Gasteiger partial charge is 0.494 e. The van der Waals surface area contributed by atoms with Gasteiger partial charge in [0.2, 0.25) is 0 Å². The maximum atomic E-state index is 14.1. The zero-order valence-corrected chi connectivity index (χ0v) is 55.9. The number of H-pyrrole nitrogens is 3. The van der Waals surface area contributed by atoms with Crippen LogP contribution < -0.4 is 14.2 Å². The van der Waals surface area contributed by atoms with Crippen LogP contribution in [0.2, 0.25) is 0 Å². The number of aromatic nitrogens is 15. The number of methoxy groups -OCH3 is 3. The van der Waals surface area contributed by atoms with Crippen LogP contribution in [0.15, 0.2) is 151 Å². The number of ketones is 3. The van der Waals surface area contributed by atoms with Crippen molar-refractivity contribution in [2.45, 2.75) is 72.7 Å². The number of benzene rings is 3. The van der Waals surface area contributed by atoms with Crippen LogP contribution in [0.1, 0.15) is 176 Å². The molecule has 3 fully saturated rings. The molecular weight excluding hydrogens is 1400 g/mol. The van der Waals surface area contributed by atoms with Crippen molar-refractivity contribution < 1.29 is 105 Å². The van der Waals surface area contributed by atoms with Crippen LogP contribution in [0, 0.1) is 54.1 Å². The van der Waals surface area contributed by atoms with E-state index in [1.807, 2.05) is 0 Å². The molecule has 15 rings (SSSR count). The fourth-order valence-electron chi connectivity index (χ4n) is 10.9. The molecule has 3 aromatic carbocycles. The van der Waals surface area contributed by atoms with E-state index < -0.39 is 283 Å². The van der Waals surface area contributed by atoms with E-state index in [1.165, 1.54) is 49.1 Å². The Morgan fingerprint density at radius 1 is 0.455 bits per heavy atom. The molecule has 12 heterocycles. The van der Waals surface area contributed by atoms with Gasteiger partial charge in [-0.25, -0.2) is 58.5 Å². The van der Waals surface area contributed by atoms with Crippen LogP contribution in [0.25, 0.3) is 81.8 Å². The standard InChI is InChI=1S/2C27H25N7O3.C26H23N7O3/c2*1-16-5-7-18(8-6-16)23(28-3)19-9-11-33(12-10-19)27(36)25(35)20-13-29-24-22(20)21(37-4)14-30-26(24)34-15-31-17(2)32-34;1-16-30-15-33(31-16)25-23-21(20(36-3)14-29-25)19(13-28-23)24(34)26(35)32-11-9-18(10-12-32)22(27-2)17-7-5-4-6-8-17/h2*5-8,13-15,29H,9-12H2,1-2,4H3;4-8,13-15,28H,9-12H2,1,3H3/i2D3,4D3,5D,6D,7D,8D,9D2,10D2,11D2,12D2,15D;2D3,4D3,5D,6D,7D,8D,15D;1D3,3D3,9D2,10D2,11D2,12D2,15D. The van der Waals surface area contributed by atoms with Gasteiger partial charge in [0, 0.05) is 91.9 Å². The minimum atomic E-state index is -4.09. The third kappa shape index (κ3) is 14.9. The van der Waals surface area contributed by atoms with Crippen molar-refractivity contribution in [3.63, 3.8) is 0 Å². The minimum Gasteiger partial charge on any atom is -0.494 e. The number of nitrogens with one attached hydrogen (secondary N) is 3. The number of piperidine rings is 3. The Labute approximate surface area is 693 Å². The number of nitrogens with zero attached hydrogens (tertiary/aromatic N) is 18. The highest BCUT2D eigenvalue weighted by Gasteiger charge is 2.35. The quantitative estimate of drug-likeness (QED) is 0.0488. The fraction of sp³-hybridized carbons (Fsp3) is 0.250. The molecule has 3 aliphatic heterocycles. The molecule has 0 radical (unpaired) electrons. The van der Waals surface area contributed by atoms with Gasteiger partial charge < -0.3 is 43.9 Å². The lowest BCUT2D eigenvalue weighted by Crippen LogP contribution is -2.40. The number of fused-ring (bicyclic) bond motifs is 3. The molecule has 3 aliphatic rings. The topological polar surface area (TPSA) is 331 Å². The molecule has 0 unspecified atom stereocenters. The lowest BCUT2D eigenvalue weighted by atomic mass is 9.97. The number of aryl methyl sites for hydroxylation is 3. The zero-order chi connectivity index (χ0) is 116. The lowest BCUT2D eigenvalue weighted by Gasteiger charge is -2.28. The highest BCUT2D eigenvalue weighted by atomic mass is 16.5. The van der Waals surface area contributed by atoms with Gasteiger partial charge in [0.15, 0.2) is 34.5 Å². The minimum absolute atomic E-state index is 0.0280. The molecule has 3 saturated heterocycles. The Morgan fingerprint density at radius 3 is 1.12 bits per heavy atom. The van der Waals surface area contributed by atoms with Gasteiger partial charge in [-0.3, -0.25) is 28.8 Å². The van der Waals surface area contributed by atoms with Crippen molar-refractivity contribution in [3.8, 4) is 34.7 Å². The molecule has 0 atom stereocenters. The number of aromatic amines is 3. The second kappa shape index (κ2) is 32.2. The maximum absolute atomic E-state index is 14.1. The average molecular weight is 1520 g/mol. The van der Waals surface area contributed by atoms with Gasteiger partial charge >= 0.3 is 0 Å². The third-order valence-corrected chi connectivity index (χ3v) is 15.9. The molecule has 110 heavy (non-hydrogen) atoms. The van der Waals surface area contributed by atoms with Crippen LogP contribution in [0.3, 0.4) is 0 Å². The molecule has 0 spiro atoms. The molecule has 12 aromatic rings. The summed E-state index contributed by atoms with van der Waals surface area (Å²) >= 11 is 0. The fourth-order valence-corrected chi connectivity index (χ4v) is 10.9. The van der Waals surface area contributed by atoms with Crippen LogP contribution in [0.5, 0.6) is 17.2 Å². The van der Waals surface area contributed by atoms with Gasteiger partial charge in [-0.2, -0.15) is 15.3 Å². The Balaban J connectivity index is 0.000000193. The zero-order valence-electron chi connectivity index (χ0n) is 101. The number of amides is 3. The Hall–Kier alpha value is -14.3. The van der Waals surface area contributed by atoms with Crippen molar-refractivity contribution in [2.24, 2.45) is 0 Å². The third-order valence-electron chi connectivity index (χ3n) is 15.9. The van der Waals surface area contributed by atoms with Gasteiger partial charge in [-0.1, -0.05) is 107 Å². The number of ether oxygens (including phenoxy) is 3. The molecule has 3 amide bonds. The van der Waals surface area contributed by atoms with E-state index in [-0.39, 0.29) is 106 Å². The van der Waals surface area contributed by atoms with Crippen LogP contribution in [-0.4, -0.2) is 184 Å². The first-order valence-corrected chi connectivity index (χ1v) is 31.1. The molecule has 9 aromatic heterocycles. The number of carbonyl (C=O) groups is 6. The molecule has 0 saturated carbocycles. The Kier molecular flexibility index (Phi) is 10.8. The van der Waals surface area contributed by atoms with Crippen molar-refractivity contribution in [1.29, 1.82) is 0 Å². The summed E-state index contributed by atoms with van der Waals surface area (Å²) in [6.45, 7) is 1.35. The normalized spacial score (nSPS) is 23.8. The summed E-state index contributed by atoms with van der Waals surface area (Å²) in [6.07, 6.45) is -12.2. The highest BCUT2D eigenvalue weighted by molar-refractivity contribution is 6.46. The van der Waals surface area contributed by atoms with Crippen LogP contribution in [-0.2, 0) is 14.4 Å². The number of pyridine rings is 3. The van der Waals surface area contributed by atoms with Gasteiger partial charge in [0.25, 0.3) is 35.1 Å². The summed E-state index contributed by atoms with van der Waals surface area (Å²) in [4.78, 5) is 123. The summed E-state index contributed by atoms with van der Waals surface area (Å²) < 4.78 is 383. The highest BCUT2D eigenvalue weighted by Crippen LogP contribution is 2.38. The Bertz CT molecular complexity index is 7990. The summed E-state index contributed by atoms with van der Waals surface area (Å²) in [7, 11) is -9.45. The molecular formula is C80H73N21O9. The van der Waals surface area contributed by atoms with Gasteiger partial charge in [-0.05, 0) is 89.4 Å². The smallest absolute Gasteiger partial charge is 0.295 e. The van der Waals surface area contributed by atoms with E-state index in [4.69, 9.17) is 95.6 Å². The molecule has 0 aliphatic carbocycles. The molecule has 30 nitrogen and oxygen atoms in total. The summed E-state index contributed by atoms with van der Waals surface area (Å²) in [6, 6.07) is 2.44. The second-order valence-electron chi connectivity index (χ2n) is 22.5. The van der Waals surface area contributed by atoms with Crippen LogP contribution in [0.4, 0.5) is 0 Å². The predicted octanol–water partition coefficient (Wildman–Crippen LogP) is 11.4. The van der Waals surface area contributed by atoms with Crippen molar-refractivity contribution >= 4 is 84.9 Å². The molecule has 552 valence electrons. The molecule has 0 bridgehead atoms. The lowest BCUT2D eigenvalue weighted by molar-refractivity contribution is -0.127. The number of rotatable bonds is 15. The first kappa shape index (κ1) is 36.8. The van der Waals surface area contributed by atoms with E-state index in [2.05, 4.69) is 74.7 Å². The number of hydrogen-bond acceptors (Lipinski definition) is 18. The van der Waals surface area contributed by atoms with Gasteiger partial charge in [0.1, 0.15) is 57.7 Å². The van der Waals surface area contributed by atoms with E-state index in [1.54, 1.807) is 0 Å². The predicted molar refractivity (Wildman–Crippen MR) is 407 cm³/mol. The maximum Gasteiger partial charge on any atom is 0.295 e. The summed E-state index contributed by atoms with van der Waals surface area (Å²) in [5, 5.41) is 9.91. The van der Waals surface area contributed by atoms with Crippen molar-refractivity contribution in [1.82, 2.24) is 88.9 Å². The van der Waals surface area contributed by atoms with E-state index in [0.717, 1.165) is 29.5 Å². The molecule has 30 heteroatoms. The van der Waals surface area contributed by atoms with Crippen LogP contribution >= 0.6 is 0 Å². The number of Topliss-reactive ketones (excluding diaryl/α,β-unsaturated/α-hetero) is 3. The number of carbonyl (C=O) groups excluding carboxylic acids is 6. The van der Waals surface area contributed by atoms with E-state index >= 15 is 0 Å². The van der Waals surface area contributed by atoms with E-state index in [9.17, 15) is 28.8 Å². The number of hydrogen-bond donors (Lipinski definition) is 3. The van der Waals surface area contributed by atoms with Crippen molar-refractivity contribution in [3.05, 3.63) is 248 Å². The summed E-state index contributed by atoms with van der Waals surface area (Å²) in [5.74, 6) is -15.4. The van der Waals surface area contributed by atoms with Gasteiger partial charge in [0.05, 0.1) is 132 Å². The monoisotopic (exact) mass is 1520 g/mol. The Morgan fingerprint density at radius 2 is 0.791 bits per heavy atom. The molecule has 3 N–H and O–H groups in total. The first-order valence-electron chi connectivity index (χ1n) is 53.6. The second-order valence-corrected chi connectivity index (χ2v) is 22.5. The number of likely N-dealkylation sites (tertiary alicyclic amines) is 3. The van der Waals surface area contributed by atoms with E-state index in [0.29, 0.717) is 27.3 Å². The first-order chi connectivity index (χ1) is 71.0. The van der Waals surface area contributed by atoms with Crippen molar-refractivity contribution in [2.75, 3.05) is 60.2 Å². The summed E-state index contributed by atoms with van der Waals surface area (Å²) in [5.41, 5.74) is -8.70.